The third-order valence-corrected chi connectivity index (χ3v) is 6.81. The first-order valence-corrected chi connectivity index (χ1v) is 13.9. The molecule has 0 aliphatic heterocycles. The molecule has 43 heavy (non-hydrogen) atoms. The highest BCUT2D eigenvalue weighted by atomic mass is 19.1. The SMILES string of the molecule is CNC(=O)Cc1ccc(C(=O)Nc2cc(Nc3ncc4cccc(-c5ccc(F)cc5OC(C)C)c4n3)ccc2C)cc1. The number of fused-ring (bicyclic) bond motifs is 1. The van der Waals surface area contributed by atoms with Crippen molar-refractivity contribution in [1.29, 1.82) is 0 Å². The van der Waals surface area contributed by atoms with Crippen LogP contribution in [0.5, 0.6) is 5.75 Å². The lowest BCUT2D eigenvalue weighted by Crippen LogP contribution is -2.20. The monoisotopic (exact) mass is 577 g/mol. The minimum Gasteiger partial charge on any atom is -0.490 e. The number of anilines is 3. The maximum atomic E-state index is 14.1. The summed E-state index contributed by atoms with van der Waals surface area (Å²) in [4.78, 5) is 33.9. The van der Waals surface area contributed by atoms with E-state index in [1.807, 2.05) is 57.2 Å². The van der Waals surface area contributed by atoms with Crippen molar-refractivity contribution >= 4 is 40.0 Å². The second-order valence-electron chi connectivity index (χ2n) is 10.4. The topological polar surface area (TPSA) is 105 Å². The lowest BCUT2D eigenvalue weighted by molar-refractivity contribution is -0.119. The van der Waals surface area contributed by atoms with E-state index in [-0.39, 0.29) is 30.2 Å². The van der Waals surface area contributed by atoms with Crippen molar-refractivity contribution < 1.29 is 18.7 Å². The molecule has 0 saturated carbocycles. The number of hydrogen-bond donors (Lipinski definition) is 3. The van der Waals surface area contributed by atoms with Gasteiger partial charge >= 0.3 is 0 Å². The Balaban J connectivity index is 1.39. The molecule has 0 radical (unpaired) electrons. The number of ether oxygens (including phenoxy) is 1. The molecule has 0 aliphatic carbocycles. The highest BCUT2D eigenvalue weighted by Gasteiger charge is 2.15. The smallest absolute Gasteiger partial charge is 0.255 e. The molecular formula is C34H32FN5O3. The van der Waals surface area contributed by atoms with Crippen molar-refractivity contribution in [2.24, 2.45) is 0 Å². The molecule has 1 aromatic heterocycles. The van der Waals surface area contributed by atoms with E-state index in [4.69, 9.17) is 9.72 Å². The Labute approximate surface area is 249 Å². The third kappa shape index (κ3) is 6.95. The van der Waals surface area contributed by atoms with Gasteiger partial charge in [0.05, 0.1) is 18.0 Å². The predicted molar refractivity (Wildman–Crippen MR) is 167 cm³/mol. The molecular weight excluding hydrogens is 545 g/mol. The number of hydrogen-bond acceptors (Lipinski definition) is 6. The van der Waals surface area contributed by atoms with Gasteiger partial charge in [-0.3, -0.25) is 9.59 Å². The summed E-state index contributed by atoms with van der Waals surface area (Å²) in [6.07, 6.45) is 1.85. The quantitative estimate of drug-likeness (QED) is 0.178. The summed E-state index contributed by atoms with van der Waals surface area (Å²) < 4.78 is 20.0. The minimum absolute atomic E-state index is 0.0934. The number of benzene rings is 4. The first kappa shape index (κ1) is 29.2. The number of carbonyl (C=O) groups excluding carboxylic acids is 2. The van der Waals surface area contributed by atoms with E-state index in [2.05, 4.69) is 20.9 Å². The maximum absolute atomic E-state index is 14.1. The number of aromatic nitrogens is 2. The molecule has 218 valence electrons. The number of nitrogens with one attached hydrogen (secondary N) is 3. The molecule has 8 nitrogen and oxygen atoms in total. The van der Waals surface area contributed by atoms with Gasteiger partial charge in [-0.05, 0) is 68.3 Å². The van der Waals surface area contributed by atoms with Gasteiger partial charge in [0.1, 0.15) is 11.6 Å². The van der Waals surface area contributed by atoms with Crippen molar-refractivity contribution in [2.75, 3.05) is 17.7 Å². The zero-order valence-electron chi connectivity index (χ0n) is 24.4. The Morgan fingerprint density at radius 1 is 0.953 bits per heavy atom. The lowest BCUT2D eigenvalue weighted by atomic mass is 10.0. The molecule has 2 amide bonds. The zero-order chi connectivity index (χ0) is 30.5. The summed E-state index contributed by atoms with van der Waals surface area (Å²) in [6.45, 7) is 5.70. The van der Waals surface area contributed by atoms with Crippen molar-refractivity contribution in [1.82, 2.24) is 15.3 Å². The summed E-state index contributed by atoms with van der Waals surface area (Å²) in [7, 11) is 1.59. The molecule has 3 N–H and O–H groups in total. The normalized spacial score (nSPS) is 10.9. The van der Waals surface area contributed by atoms with E-state index in [0.717, 1.165) is 27.6 Å². The third-order valence-electron chi connectivity index (χ3n) is 6.81. The number of carbonyl (C=O) groups is 2. The van der Waals surface area contributed by atoms with Gasteiger partial charge in [-0.1, -0.05) is 36.4 Å². The fourth-order valence-corrected chi connectivity index (χ4v) is 4.61. The molecule has 0 bridgehead atoms. The number of para-hydroxylation sites is 1. The van der Waals surface area contributed by atoms with Crippen molar-refractivity contribution in [3.63, 3.8) is 0 Å². The van der Waals surface area contributed by atoms with Crippen LogP contribution in [-0.2, 0) is 11.2 Å². The average molecular weight is 578 g/mol. The Kier molecular flexibility index (Phi) is 8.61. The average Bonchev–Trinajstić information content (AvgIpc) is 2.99. The van der Waals surface area contributed by atoms with Crippen LogP contribution < -0.4 is 20.7 Å². The van der Waals surface area contributed by atoms with Gasteiger partial charge in [-0.2, -0.15) is 0 Å². The second kappa shape index (κ2) is 12.7. The van der Waals surface area contributed by atoms with Crippen molar-refractivity contribution in [3.05, 3.63) is 108 Å². The second-order valence-corrected chi connectivity index (χ2v) is 10.4. The predicted octanol–water partition coefficient (Wildman–Crippen LogP) is 6.82. The Morgan fingerprint density at radius 2 is 1.74 bits per heavy atom. The van der Waals surface area contributed by atoms with Gasteiger partial charge in [0, 0.05) is 52.8 Å². The number of halogens is 1. The van der Waals surface area contributed by atoms with Crippen molar-refractivity contribution in [3.8, 4) is 16.9 Å². The molecule has 5 aromatic rings. The molecule has 0 saturated heterocycles. The summed E-state index contributed by atoms with van der Waals surface area (Å²) in [6, 6.07) is 22.8. The van der Waals surface area contributed by atoms with Crippen LogP contribution in [0.25, 0.3) is 22.0 Å². The molecule has 0 unspecified atom stereocenters. The fraction of sp³-hybridized carbons (Fsp3) is 0.176. The van der Waals surface area contributed by atoms with Gasteiger partial charge in [0.15, 0.2) is 0 Å². The molecule has 4 aromatic carbocycles. The molecule has 0 spiro atoms. The fourth-order valence-electron chi connectivity index (χ4n) is 4.61. The maximum Gasteiger partial charge on any atom is 0.255 e. The van der Waals surface area contributed by atoms with Crippen LogP contribution >= 0.6 is 0 Å². The summed E-state index contributed by atoms with van der Waals surface area (Å²) in [5.41, 5.74) is 5.69. The molecule has 0 atom stereocenters. The summed E-state index contributed by atoms with van der Waals surface area (Å²) in [5, 5.41) is 9.62. The van der Waals surface area contributed by atoms with Gasteiger partial charge in [0.2, 0.25) is 11.9 Å². The molecule has 1 heterocycles. The standard InChI is InChI=1S/C34H32FN5O3/c1-20(2)43-30-17-25(35)13-15-27(30)28-7-5-6-24-19-37-34(40-32(24)28)38-26-14-8-21(3)29(18-26)39-33(42)23-11-9-22(10-12-23)16-31(41)36-4/h5-15,17-20H,16H2,1-4H3,(H,36,41)(H,39,42)(H,37,38,40). The summed E-state index contributed by atoms with van der Waals surface area (Å²) in [5.74, 6) is 0.0648. The van der Waals surface area contributed by atoms with E-state index >= 15 is 0 Å². The van der Waals surface area contributed by atoms with E-state index in [1.54, 1.807) is 43.6 Å². The van der Waals surface area contributed by atoms with Crippen LogP contribution in [0.4, 0.5) is 21.7 Å². The molecule has 9 heteroatoms. The first-order valence-electron chi connectivity index (χ1n) is 13.9. The highest BCUT2D eigenvalue weighted by molar-refractivity contribution is 6.05. The van der Waals surface area contributed by atoms with Crippen LogP contribution in [-0.4, -0.2) is 34.9 Å². The largest absolute Gasteiger partial charge is 0.490 e. The van der Waals surface area contributed by atoms with Crippen LogP contribution in [0.15, 0.2) is 85.1 Å². The lowest BCUT2D eigenvalue weighted by Gasteiger charge is -2.16. The van der Waals surface area contributed by atoms with Crippen LogP contribution in [0, 0.1) is 12.7 Å². The van der Waals surface area contributed by atoms with Crippen LogP contribution in [0.3, 0.4) is 0 Å². The number of aryl methyl sites for hydroxylation is 1. The zero-order valence-corrected chi connectivity index (χ0v) is 24.4. The van der Waals surface area contributed by atoms with Gasteiger partial charge < -0.3 is 20.7 Å². The number of amides is 2. The molecule has 0 aliphatic rings. The molecule has 0 fully saturated rings. The van der Waals surface area contributed by atoms with Gasteiger partial charge in [0.25, 0.3) is 5.91 Å². The highest BCUT2D eigenvalue weighted by Crippen LogP contribution is 2.36. The molecule has 5 rings (SSSR count). The number of likely N-dealkylation sites (N-methyl/N-ethyl adjacent to an activating group) is 1. The summed E-state index contributed by atoms with van der Waals surface area (Å²) >= 11 is 0. The van der Waals surface area contributed by atoms with Gasteiger partial charge in [-0.25, -0.2) is 14.4 Å². The number of rotatable bonds is 9. The van der Waals surface area contributed by atoms with E-state index in [9.17, 15) is 14.0 Å². The Hall–Kier alpha value is -5.31. The first-order chi connectivity index (χ1) is 20.7. The van der Waals surface area contributed by atoms with Crippen LogP contribution in [0.2, 0.25) is 0 Å². The van der Waals surface area contributed by atoms with E-state index in [1.165, 1.54) is 12.1 Å². The Bertz CT molecular complexity index is 1800. The van der Waals surface area contributed by atoms with E-state index < -0.39 is 0 Å². The van der Waals surface area contributed by atoms with E-state index in [0.29, 0.717) is 34.2 Å². The number of nitrogens with zero attached hydrogens (tertiary/aromatic N) is 2. The minimum atomic E-state index is -0.378. The van der Waals surface area contributed by atoms with Crippen LogP contribution in [0.1, 0.15) is 35.3 Å². The Morgan fingerprint density at radius 3 is 2.49 bits per heavy atom. The van der Waals surface area contributed by atoms with Gasteiger partial charge in [-0.15, -0.1) is 0 Å². The van der Waals surface area contributed by atoms with Crippen molar-refractivity contribution in [2.45, 2.75) is 33.3 Å².